The molecule has 4 aromatic rings. The Kier molecular flexibility index (Phi) is 4.38. The second-order valence-corrected chi connectivity index (χ2v) is 9.35. The van der Waals surface area contributed by atoms with E-state index in [1.165, 1.54) is 4.91 Å². The van der Waals surface area contributed by atoms with Crippen LogP contribution in [0.15, 0.2) is 47.0 Å². The van der Waals surface area contributed by atoms with Gasteiger partial charge in [-0.05, 0) is 37.5 Å². The molecule has 4 aromatic heterocycles. The lowest BCUT2D eigenvalue weighted by Gasteiger charge is -2.44. The van der Waals surface area contributed by atoms with Crippen LogP contribution in [0, 0.1) is 6.92 Å². The number of pyridine rings is 2. The maximum atomic E-state index is 5.88. The van der Waals surface area contributed by atoms with E-state index in [4.69, 9.17) is 14.8 Å². The Morgan fingerprint density at radius 3 is 2.84 bits per heavy atom. The van der Waals surface area contributed by atoms with E-state index in [2.05, 4.69) is 44.5 Å². The smallest absolute Gasteiger partial charge is 0.136 e. The first kappa shape index (κ1) is 19.5. The lowest BCUT2D eigenvalue weighted by molar-refractivity contribution is 0.0738. The van der Waals surface area contributed by atoms with Crippen LogP contribution in [0.3, 0.4) is 0 Å². The van der Waals surface area contributed by atoms with E-state index < -0.39 is 0 Å². The van der Waals surface area contributed by atoms with Crippen molar-refractivity contribution in [1.82, 2.24) is 29.9 Å². The van der Waals surface area contributed by atoms with Crippen LogP contribution in [0.4, 0.5) is 5.82 Å². The summed E-state index contributed by atoms with van der Waals surface area (Å²) in [6.07, 6.45) is 3.66. The molecule has 8 nitrogen and oxygen atoms in total. The fraction of sp³-hybridized carbons (Fsp3) is 0.304. The van der Waals surface area contributed by atoms with Crippen LogP contribution in [-0.2, 0) is 11.8 Å². The molecule has 1 fully saturated rings. The molecule has 6 heterocycles. The summed E-state index contributed by atoms with van der Waals surface area (Å²) in [5, 5.41) is 14.2. The van der Waals surface area contributed by atoms with Gasteiger partial charge in [0.25, 0.3) is 0 Å². The van der Waals surface area contributed by atoms with Crippen LogP contribution in [-0.4, -0.2) is 55.2 Å². The summed E-state index contributed by atoms with van der Waals surface area (Å²) in [7, 11) is 1.96. The minimum atomic E-state index is -0.219. The summed E-state index contributed by atoms with van der Waals surface area (Å²) in [5.41, 5.74) is 6.32. The number of anilines is 1. The number of nitrogens with one attached hydrogen (secondary N) is 1. The van der Waals surface area contributed by atoms with E-state index in [0.29, 0.717) is 13.2 Å². The largest absolute Gasteiger partial charge is 0.377 e. The van der Waals surface area contributed by atoms with Gasteiger partial charge in [-0.2, -0.15) is 10.2 Å². The molecule has 162 valence electrons. The van der Waals surface area contributed by atoms with Gasteiger partial charge >= 0.3 is 0 Å². The molecule has 2 aliphatic rings. The second-order valence-electron chi connectivity index (χ2n) is 8.43. The number of fused-ring (bicyclic) bond motifs is 1. The molecule has 0 amide bonds. The molecule has 2 aliphatic heterocycles. The molecular formula is C23H23N7OS. The van der Waals surface area contributed by atoms with Gasteiger partial charge in [-0.3, -0.25) is 14.8 Å². The summed E-state index contributed by atoms with van der Waals surface area (Å²) >= 11 is 1.79. The van der Waals surface area contributed by atoms with E-state index >= 15 is 0 Å². The van der Waals surface area contributed by atoms with Crippen molar-refractivity contribution in [2.24, 2.45) is 7.05 Å². The fourth-order valence-electron chi connectivity index (χ4n) is 4.43. The Morgan fingerprint density at radius 1 is 1.25 bits per heavy atom. The molecule has 0 bridgehead atoms. The number of aromatic nitrogens is 6. The van der Waals surface area contributed by atoms with Gasteiger partial charge in [-0.25, -0.2) is 4.98 Å². The Hall–Kier alpha value is -3.17. The van der Waals surface area contributed by atoms with Crippen LogP contribution in [0.1, 0.15) is 12.6 Å². The first-order valence-corrected chi connectivity index (χ1v) is 11.5. The highest BCUT2D eigenvalue weighted by atomic mass is 32.2. The van der Waals surface area contributed by atoms with E-state index in [1.54, 1.807) is 18.0 Å². The van der Waals surface area contributed by atoms with Crippen LogP contribution in [0.2, 0.25) is 0 Å². The van der Waals surface area contributed by atoms with Gasteiger partial charge in [0.05, 0.1) is 30.0 Å². The topological polar surface area (TPSA) is 84.8 Å². The lowest BCUT2D eigenvalue weighted by Crippen LogP contribution is -2.55. The van der Waals surface area contributed by atoms with Gasteiger partial charge in [0, 0.05) is 47.7 Å². The number of thioether (sulfide) groups is 1. The number of hydrogen-bond donors (Lipinski definition) is 1. The van der Waals surface area contributed by atoms with E-state index in [0.717, 1.165) is 51.6 Å². The van der Waals surface area contributed by atoms with Gasteiger partial charge in [0.15, 0.2) is 0 Å². The molecule has 0 spiro atoms. The van der Waals surface area contributed by atoms with E-state index in [-0.39, 0.29) is 5.54 Å². The van der Waals surface area contributed by atoms with Crippen molar-refractivity contribution >= 4 is 28.6 Å². The first-order chi connectivity index (χ1) is 15.5. The molecule has 0 saturated carbocycles. The molecule has 1 atom stereocenters. The van der Waals surface area contributed by atoms with Crippen molar-refractivity contribution in [2.45, 2.75) is 19.4 Å². The molecule has 6 rings (SSSR count). The highest BCUT2D eigenvalue weighted by Gasteiger charge is 2.43. The van der Waals surface area contributed by atoms with Crippen molar-refractivity contribution in [3.63, 3.8) is 0 Å². The third kappa shape index (κ3) is 3.03. The first-order valence-electron chi connectivity index (χ1n) is 10.6. The fourth-order valence-corrected chi connectivity index (χ4v) is 5.16. The molecule has 0 aliphatic carbocycles. The van der Waals surface area contributed by atoms with E-state index in [9.17, 15) is 0 Å². The van der Waals surface area contributed by atoms with Gasteiger partial charge in [-0.1, -0.05) is 17.8 Å². The Balaban J connectivity index is 1.62. The van der Waals surface area contributed by atoms with Crippen molar-refractivity contribution in [3.05, 3.63) is 52.7 Å². The SMILES string of the molecule is Cc1ccc(-c2cc(N3CCOC[C@]3(C)C3=CS3)nc3c(-c4ccn[nH]4)nn(C)c23)cn1. The molecule has 1 N–H and O–H groups in total. The monoisotopic (exact) mass is 445 g/mol. The number of nitrogens with zero attached hydrogens (tertiary/aromatic N) is 6. The highest BCUT2D eigenvalue weighted by Crippen LogP contribution is 2.48. The molecule has 0 unspecified atom stereocenters. The average Bonchev–Trinajstić information content (AvgIpc) is 3.43. The van der Waals surface area contributed by atoms with Gasteiger partial charge in [0.1, 0.15) is 17.0 Å². The number of rotatable bonds is 4. The minimum Gasteiger partial charge on any atom is -0.377 e. The molecule has 9 heteroatoms. The summed E-state index contributed by atoms with van der Waals surface area (Å²) in [4.78, 5) is 13.4. The van der Waals surface area contributed by atoms with E-state index in [1.807, 2.05) is 37.0 Å². The average molecular weight is 446 g/mol. The summed E-state index contributed by atoms with van der Waals surface area (Å²) in [5.74, 6) is 0.918. The molecule has 32 heavy (non-hydrogen) atoms. The standard InChI is InChI=1S/C23H23N7OS/c1-14-4-5-15(11-24-14)16-10-19(30-8-9-31-13-23(30,2)18-12-32-18)26-21-20(17-6-7-25-27-17)28-29(3)22(16)21/h4-7,10-12H,8-9,13H2,1-3H3,(H,25,27)/t23-/m1/s1. The molecule has 0 radical (unpaired) electrons. The number of morpholine rings is 1. The Bertz CT molecular complexity index is 1340. The van der Waals surface area contributed by atoms with Crippen LogP contribution < -0.4 is 4.90 Å². The third-order valence-corrected chi connectivity index (χ3v) is 7.15. The molecular weight excluding hydrogens is 422 g/mol. The van der Waals surface area contributed by atoms with Gasteiger partial charge in [0.2, 0.25) is 0 Å². The number of hydrogen-bond acceptors (Lipinski definition) is 7. The predicted molar refractivity (Wildman–Crippen MR) is 126 cm³/mol. The zero-order chi connectivity index (χ0) is 21.9. The number of aryl methyl sites for hydroxylation is 2. The van der Waals surface area contributed by atoms with Crippen molar-refractivity contribution < 1.29 is 4.74 Å². The van der Waals surface area contributed by atoms with Crippen LogP contribution in [0.5, 0.6) is 0 Å². The second kappa shape index (κ2) is 7.18. The quantitative estimate of drug-likeness (QED) is 0.510. The number of ether oxygens (including phenoxy) is 1. The third-order valence-electron chi connectivity index (χ3n) is 6.24. The zero-order valence-electron chi connectivity index (χ0n) is 18.2. The number of H-pyrrole nitrogens is 1. The van der Waals surface area contributed by atoms with Crippen LogP contribution in [0.25, 0.3) is 33.5 Å². The van der Waals surface area contributed by atoms with Crippen molar-refractivity contribution in [3.8, 4) is 22.5 Å². The predicted octanol–water partition coefficient (Wildman–Crippen LogP) is 3.91. The summed E-state index contributed by atoms with van der Waals surface area (Å²) < 4.78 is 7.78. The van der Waals surface area contributed by atoms with Gasteiger partial charge in [-0.15, -0.1) is 0 Å². The van der Waals surface area contributed by atoms with Crippen LogP contribution >= 0.6 is 11.8 Å². The highest BCUT2D eigenvalue weighted by molar-refractivity contribution is 8.12. The maximum Gasteiger partial charge on any atom is 0.136 e. The maximum absolute atomic E-state index is 5.88. The minimum absolute atomic E-state index is 0.219. The molecule has 1 saturated heterocycles. The summed E-state index contributed by atoms with van der Waals surface area (Å²) in [6.45, 7) is 6.33. The van der Waals surface area contributed by atoms with Gasteiger partial charge < -0.3 is 9.64 Å². The Morgan fingerprint density at radius 2 is 2.12 bits per heavy atom. The lowest BCUT2D eigenvalue weighted by atomic mass is 9.98. The van der Waals surface area contributed by atoms with Crippen molar-refractivity contribution in [2.75, 3.05) is 24.7 Å². The normalized spacial score (nSPS) is 20.6. The number of aromatic amines is 1. The summed E-state index contributed by atoms with van der Waals surface area (Å²) in [6, 6.07) is 8.25. The zero-order valence-corrected chi connectivity index (χ0v) is 19.0. The Labute approximate surface area is 189 Å². The molecule has 0 aromatic carbocycles. The van der Waals surface area contributed by atoms with Crippen molar-refractivity contribution in [1.29, 1.82) is 0 Å².